The van der Waals surface area contributed by atoms with E-state index in [1.807, 2.05) is 6.92 Å². The predicted molar refractivity (Wildman–Crippen MR) is 168 cm³/mol. The number of Topliss-reactive ketones (excluding diaryl/α,β-unsaturated/α-hetero) is 1. The molecule has 44 heavy (non-hydrogen) atoms. The first-order valence-electron chi connectivity index (χ1n) is 15.6. The smallest absolute Gasteiger partial charge is 0.325 e. The fourth-order valence-corrected chi connectivity index (χ4v) is 4.23. The molecule has 12 heteroatoms. The largest absolute Gasteiger partial charge is 0.464 e. The maximum atomic E-state index is 13.6. The SMILES string of the molecule is C=CCNC(=O)C(=O)C(CCC)NC(=O)C1CCCN1C(=O)C(NC(=O)NCC(=O)OCC1CC1)C(C)(C)C.CC(C)(C)C. The summed E-state index contributed by atoms with van der Waals surface area (Å²) < 4.78 is 5.10. The highest BCUT2D eigenvalue weighted by Gasteiger charge is 2.42. The molecular weight excluding hydrogens is 566 g/mol. The number of rotatable bonds is 14. The Morgan fingerprint density at radius 3 is 2.09 bits per heavy atom. The van der Waals surface area contributed by atoms with Crippen LogP contribution < -0.4 is 21.3 Å². The van der Waals surface area contributed by atoms with Gasteiger partial charge in [-0.1, -0.05) is 67.9 Å². The molecule has 2 rings (SSSR count). The van der Waals surface area contributed by atoms with Gasteiger partial charge in [0, 0.05) is 13.1 Å². The van der Waals surface area contributed by atoms with E-state index < -0.39 is 59.0 Å². The third-order valence-electron chi connectivity index (χ3n) is 6.64. The predicted octanol–water partition coefficient (Wildman–Crippen LogP) is 2.85. The van der Waals surface area contributed by atoms with Gasteiger partial charge in [0.05, 0.1) is 12.6 Å². The van der Waals surface area contributed by atoms with Crippen LogP contribution >= 0.6 is 0 Å². The number of urea groups is 1. The second kappa shape index (κ2) is 17.8. The van der Waals surface area contributed by atoms with Crippen molar-refractivity contribution in [3.05, 3.63) is 12.7 Å². The van der Waals surface area contributed by atoms with Crippen molar-refractivity contribution in [2.45, 2.75) is 112 Å². The van der Waals surface area contributed by atoms with Crippen molar-refractivity contribution in [3.8, 4) is 0 Å². The van der Waals surface area contributed by atoms with Crippen molar-refractivity contribution in [2.75, 3.05) is 26.2 Å². The topological polar surface area (TPSA) is 163 Å². The van der Waals surface area contributed by atoms with Gasteiger partial charge in [-0.2, -0.15) is 0 Å². The van der Waals surface area contributed by atoms with E-state index in [0.29, 0.717) is 43.7 Å². The highest BCUT2D eigenvalue weighted by Crippen LogP contribution is 2.29. The molecule has 3 atom stereocenters. The Hall–Kier alpha value is -3.44. The molecule has 250 valence electrons. The van der Waals surface area contributed by atoms with Crippen molar-refractivity contribution >= 4 is 35.5 Å². The molecule has 1 heterocycles. The summed E-state index contributed by atoms with van der Waals surface area (Å²) in [5.41, 5.74) is -0.214. The molecule has 0 aromatic carbocycles. The molecule has 0 spiro atoms. The van der Waals surface area contributed by atoms with Crippen molar-refractivity contribution in [2.24, 2.45) is 16.7 Å². The van der Waals surface area contributed by atoms with Gasteiger partial charge in [0.1, 0.15) is 18.6 Å². The first-order valence-corrected chi connectivity index (χ1v) is 15.6. The number of likely N-dealkylation sites (tertiary alicyclic amines) is 1. The van der Waals surface area contributed by atoms with Crippen molar-refractivity contribution in [1.82, 2.24) is 26.2 Å². The number of ketones is 1. The Balaban J connectivity index is 0.00000178. The Bertz CT molecular complexity index is 1020. The fraction of sp³-hybridized carbons (Fsp3) is 0.750. The van der Waals surface area contributed by atoms with Crippen LogP contribution in [0, 0.1) is 16.7 Å². The van der Waals surface area contributed by atoms with Crippen molar-refractivity contribution < 1.29 is 33.5 Å². The van der Waals surface area contributed by atoms with Crippen LogP contribution in [-0.2, 0) is 28.7 Å². The number of esters is 1. The minimum absolute atomic E-state index is 0.124. The molecule has 2 aliphatic rings. The maximum Gasteiger partial charge on any atom is 0.325 e. The van der Waals surface area contributed by atoms with Gasteiger partial charge in [-0.25, -0.2) is 4.79 Å². The minimum atomic E-state index is -1.02. The number of amides is 5. The Morgan fingerprint density at radius 2 is 1.57 bits per heavy atom. The Kier molecular flexibility index (Phi) is 15.6. The molecule has 0 aromatic rings. The van der Waals surface area contributed by atoms with E-state index >= 15 is 0 Å². The van der Waals surface area contributed by atoms with E-state index in [2.05, 4.69) is 55.5 Å². The summed E-state index contributed by atoms with van der Waals surface area (Å²) in [6, 6.07) is -3.57. The molecular formula is C32H55N5O7. The summed E-state index contributed by atoms with van der Waals surface area (Å²) in [5, 5.41) is 10.2. The number of hydrogen-bond donors (Lipinski definition) is 4. The zero-order valence-corrected chi connectivity index (χ0v) is 28.0. The summed E-state index contributed by atoms with van der Waals surface area (Å²) in [5.74, 6) is -2.70. The molecule has 0 radical (unpaired) electrons. The van der Waals surface area contributed by atoms with Gasteiger partial charge < -0.3 is 30.9 Å². The van der Waals surface area contributed by atoms with E-state index in [9.17, 15) is 28.8 Å². The van der Waals surface area contributed by atoms with E-state index in [4.69, 9.17) is 4.74 Å². The quantitative estimate of drug-likeness (QED) is 0.132. The molecule has 2 fully saturated rings. The van der Waals surface area contributed by atoms with Gasteiger partial charge in [0.25, 0.3) is 5.91 Å². The number of carbonyl (C=O) groups excluding carboxylic acids is 6. The average Bonchev–Trinajstić information content (AvgIpc) is 3.62. The summed E-state index contributed by atoms with van der Waals surface area (Å²) in [4.78, 5) is 77.4. The minimum Gasteiger partial charge on any atom is -0.464 e. The molecule has 1 aliphatic heterocycles. The molecule has 3 unspecified atom stereocenters. The van der Waals surface area contributed by atoms with Gasteiger partial charge in [-0.05, 0) is 48.9 Å². The second-order valence-electron chi connectivity index (χ2n) is 14.2. The molecule has 0 bridgehead atoms. The number of carbonyl (C=O) groups is 6. The summed E-state index contributed by atoms with van der Waals surface area (Å²) >= 11 is 0. The highest BCUT2D eigenvalue weighted by atomic mass is 16.5. The van der Waals surface area contributed by atoms with E-state index in [0.717, 1.165) is 12.8 Å². The van der Waals surface area contributed by atoms with Crippen LogP contribution in [0.3, 0.4) is 0 Å². The number of ether oxygens (including phenoxy) is 1. The van der Waals surface area contributed by atoms with Crippen molar-refractivity contribution in [1.29, 1.82) is 0 Å². The van der Waals surface area contributed by atoms with Gasteiger partial charge >= 0.3 is 12.0 Å². The molecule has 12 nitrogen and oxygen atoms in total. The van der Waals surface area contributed by atoms with Gasteiger partial charge in [0.15, 0.2) is 0 Å². The summed E-state index contributed by atoms with van der Waals surface area (Å²) in [7, 11) is 0. The zero-order chi connectivity index (χ0) is 33.7. The average molecular weight is 622 g/mol. The molecule has 4 N–H and O–H groups in total. The molecule has 1 saturated carbocycles. The third-order valence-corrected chi connectivity index (χ3v) is 6.64. The molecule has 1 saturated heterocycles. The number of hydrogen-bond acceptors (Lipinski definition) is 7. The molecule has 1 aliphatic carbocycles. The normalized spacial score (nSPS) is 17.6. The summed E-state index contributed by atoms with van der Waals surface area (Å²) in [6.45, 7) is 19.9. The van der Waals surface area contributed by atoms with Crippen LogP contribution in [0.2, 0.25) is 0 Å². The highest BCUT2D eigenvalue weighted by molar-refractivity contribution is 6.38. The van der Waals surface area contributed by atoms with E-state index in [-0.39, 0.29) is 19.5 Å². The van der Waals surface area contributed by atoms with Crippen LogP contribution in [0.15, 0.2) is 12.7 Å². The van der Waals surface area contributed by atoms with Crippen LogP contribution in [0.5, 0.6) is 0 Å². The summed E-state index contributed by atoms with van der Waals surface area (Å²) in [6.07, 6.45) is 5.27. The van der Waals surface area contributed by atoms with Crippen LogP contribution in [-0.4, -0.2) is 84.8 Å². The lowest BCUT2D eigenvalue weighted by atomic mass is 9.85. The van der Waals surface area contributed by atoms with Gasteiger partial charge in [0.2, 0.25) is 17.6 Å². The number of nitrogens with zero attached hydrogens (tertiary/aromatic N) is 1. The molecule has 5 amide bonds. The lowest BCUT2D eigenvalue weighted by Gasteiger charge is -2.35. The zero-order valence-electron chi connectivity index (χ0n) is 28.0. The third kappa shape index (κ3) is 14.8. The Labute approximate surface area is 262 Å². The maximum absolute atomic E-state index is 13.6. The van der Waals surface area contributed by atoms with Crippen molar-refractivity contribution in [3.63, 3.8) is 0 Å². The van der Waals surface area contributed by atoms with E-state index in [1.165, 1.54) is 11.0 Å². The lowest BCUT2D eigenvalue weighted by molar-refractivity contribution is -0.143. The first-order chi connectivity index (χ1) is 20.4. The second-order valence-corrected chi connectivity index (χ2v) is 14.2. The van der Waals surface area contributed by atoms with Crippen LogP contribution in [0.1, 0.15) is 93.9 Å². The fourth-order valence-electron chi connectivity index (χ4n) is 4.23. The van der Waals surface area contributed by atoms with Gasteiger partial charge in [-0.3, -0.25) is 24.0 Å². The van der Waals surface area contributed by atoms with Crippen LogP contribution in [0.4, 0.5) is 4.79 Å². The standard InChI is InChI=1S/C27H43N5O7.C5H12/c1-6-9-18(21(34)24(36)28-13-7-2)30-23(35)19-10-8-14-32(19)25(37)22(27(3,4)5)31-26(38)29-15-20(33)39-16-17-11-12-17;1-5(2,3)4/h7,17-19,22H,2,6,8-16H2,1,3-5H3,(H,28,36)(H,30,35)(H2,29,31,38);1-4H3. The lowest BCUT2D eigenvalue weighted by Crippen LogP contribution is -2.60. The number of nitrogens with one attached hydrogen (secondary N) is 4. The van der Waals surface area contributed by atoms with Crippen LogP contribution in [0.25, 0.3) is 0 Å². The first kappa shape index (κ1) is 38.6. The van der Waals surface area contributed by atoms with Gasteiger partial charge in [-0.15, -0.1) is 6.58 Å². The molecule has 0 aromatic heterocycles. The Morgan fingerprint density at radius 1 is 0.955 bits per heavy atom. The van der Waals surface area contributed by atoms with E-state index in [1.54, 1.807) is 20.8 Å². The monoisotopic (exact) mass is 621 g/mol.